The summed E-state index contributed by atoms with van der Waals surface area (Å²) in [5.41, 5.74) is 1.91. The Hall–Kier alpha value is -2.80. The van der Waals surface area contributed by atoms with E-state index in [-0.39, 0.29) is 11.2 Å². The van der Waals surface area contributed by atoms with Crippen molar-refractivity contribution in [3.63, 3.8) is 0 Å². The predicted molar refractivity (Wildman–Crippen MR) is 108 cm³/mol. The predicted octanol–water partition coefficient (Wildman–Crippen LogP) is 4.62. The van der Waals surface area contributed by atoms with Crippen molar-refractivity contribution in [1.82, 2.24) is 14.8 Å². The van der Waals surface area contributed by atoms with Crippen LogP contribution in [0.15, 0.2) is 53.7 Å². The maximum atomic E-state index is 12.6. The van der Waals surface area contributed by atoms with Crippen LogP contribution in [0.1, 0.15) is 35.9 Å². The zero-order valence-electron chi connectivity index (χ0n) is 15.8. The van der Waals surface area contributed by atoms with Gasteiger partial charge in [0.25, 0.3) is 5.91 Å². The number of fused-ring (bicyclic) bond motifs is 1. The van der Waals surface area contributed by atoms with Crippen molar-refractivity contribution in [2.75, 3.05) is 13.2 Å². The van der Waals surface area contributed by atoms with Crippen LogP contribution in [0, 0.1) is 0 Å². The maximum absolute atomic E-state index is 12.6. The molecule has 2 heterocycles. The fourth-order valence-electron chi connectivity index (χ4n) is 3.12. The van der Waals surface area contributed by atoms with Gasteiger partial charge in [0.15, 0.2) is 22.5 Å². The summed E-state index contributed by atoms with van der Waals surface area (Å²) in [5.74, 6) is 1.80. The number of aromatic nitrogens is 3. The lowest BCUT2D eigenvalue weighted by Gasteiger charge is -2.20. The van der Waals surface area contributed by atoms with E-state index in [1.807, 2.05) is 62.4 Å². The lowest BCUT2D eigenvalue weighted by atomic mass is 10.1. The lowest BCUT2D eigenvalue weighted by Crippen LogP contribution is -2.20. The molecule has 3 aromatic rings. The van der Waals surface area contributed by atoms with Gasteiger partial charge in [-0.15, -0.1) is 5.10 Å². The molecule has 0 amide bonds. The zero-order chi connectivity index (χ0) is 19.5. The third-order valence-corrected chi connectivity index (χ3v) is 5.59. The summed E-state index contributed by atoms with van der Waals surface area (Å²) < 4.78 is 12.7. The van der Waals surface area contributed by atoms with Crippen LogP contribution in [0.4, 0.5) is 0 Å². The fraction of sp³-hybridized carbons (Fsp3) is 0.286. The Labute approximate surface area is 167 Å². The number of carbonyl (C=O) groups is 1. The second-order valence-electron chi connectivity index (χ2n) is 6.27. The van der Waals surface area contributed by atoms with Gasteiger partial charge in [-0.1, -0.05) is 42.1 Å². The average Bonchev–Trinajstić information content (AvgIpc) is 3.15. The summed E-state index contributed by atoms with van der Waals surface area (Å²) in [6, 6.07) is 15.6. The molecule has 7 heteroatoms. The van der Waals surface area contributed by atoms with Crippen LogP contribution in [-0.2, 0) is 0 Å². The summed E-state index contributed by atoms with van der Waals surface area (Å²) in [6.07, 6.45) is 0.401. The summed E-state index contributed by atoms with van der Waals surface area (Å²) in [4.78, 5) is 17.2. The van der Waals surface area contributed by atoms with Crippen LogP contribution in [0.2, 0.25) is 0 Å². The highest BCUT2D eigenvalue weighted by Gasteiger charge is 2.30. The van der Waals surface area contributed by atoms with Gasteiger partial charge in [0.05, 0.1) is 13.2 Å². The minimum atomic E-state index is -0.0441. The van der Waals surface area contributed by atoms with E-state index >= 15 is 0 Å². The van der Waals surface area contributed by atoms with E-state index in [1.54, 1.807) is 11.8 Å². The van der Waals surface area contributed by atoms with Gasteiger partial charge in [0.1, 0.15) is 0 Å². The van der Waals surface area contributed by atoms with Crippen molar-refractivity contribution >= 4 is 17.7 Å². The van der Waals surface area contributed by atoms with Gasteiger partial charge in [0.2, 0.25) is 0 Å². The third kappa shape index (κ3) is 3.62. The number of ether oxygens (including phenoxy) is 2. The molecule has 0 aliphatic carbocycles. The van der Waals surface area contributed by atoms with E-state index < -0.39 is 0 Å². The molecule has 1 atom stereocenters. The molecule has 0 spiro atoms. The molecule has 0 saturated heterocycles. The minimum Gasteiger partial charge on any atom is -0.490 e. The van der Waals surface area contributed by atoms with Gasteiger partial charge in [-0.25, -0.2) is 4.98 Å². The molecule has 1 aliphatic rings. The van der Waals surface area contributed by atoms with Gasteiger partial charge < -0.3 is 9.47 Å². The molecule has 4 rings (SSSR count). The standard InChI is InChI=1S/C21H21N3O3S/c1-3-26-16-11-10-15(12-17(16)27-4-2)20-22-21-24(23-20)19(25)13-18(28-21)14-8-6-5-7-9-14/h5-12,18H,3-4,13H2,1-2H3/t18-/m0/s1. The summed E-state index contributed by atoms with van der Waals surface area (Å²) in [7, 11) is 0. The summed E-state index contributed by atoms with van der Waals surface area (Å²) >= 11 is 1.57. The monoisotopic (exact) mass is 395 g/mol. The molecule has 28 heavy (non-hydrogen) atoms. The van der Waals surface area contributed by atoms with Crippen molar-refractivity contribution in [2.24, 2.45) is 0 Å². The number of hydrogen-bond acceptors (Lipinski definition) is 6. The van der Waals surface area contributed by atoms with Crippen LogP contribution < -0.4 is 9.47 Å². The smallest absolute Gasteiger partial charge is 0.250 e. The molecule has 2 aromatic carbocycles. The van der Waals surface area contributed by atoms with Crippen LogP contribution in [0.3, 0.4) is 0 Å². The number of thioether (sulfide) groups is 1. The molecule has 6 nitrogen and oxygen atoms in total. The van der Waals surface area contributed by atoms with Gasteiger partial charge in [0, 0.05) is 17.2 Å². The van der Waals surface area contributed by atoms with E-state index in [4.69, 9.17) is 9.47 Å². The van der Waals surface area contributed by atoms with Gasteiger partial charge in [-0.05, 0) is 37.6 Å². The highest BCUT2D eigenvalue weighted by atomic mass is 32.2. The number of carbonyl (C=O) groups excluding carboxylic acids is 1. The normalized spacial score (nSPS) is 15.9. The topological polar surface area (TPSA) is 66.2 Å². The molecular weight excluding hydrogens is 374 g/mol. The first-order valence-electron chi connectivity index (χ1n) is 9.31. The molecule has 0 saturated carbocycles. The molecule has 0 bridgehead atoms. The number of benzene rings is 2. The Morgan fingerprint density at radius 1 is 1.07 bits per heavy atom. The molecular formula is C21H21N3O3S. The number of hydrogen-bond donors (Lipinski definition) is 0. The van der Waals surface area contributed by atoms with Crippen molar-refractivity contribution in [1.29, 1.82) is 0 Å². The lowest BCUT2D eigenvalue weighted by molar-refractivity contribution is 0.0868. The molecule has 0 radical (unpaired) electrons. The van der Waals surface area contributed by atoms with Crippen molar-refractivity contribution in [3.05, 3.63) is 54.1 Å². The van der Waals surface area contributed by atoms with Crippen molar-refractivity contribution in [3.8, 4) is 22.9 Å². The van der Waals surface area contributed by atoms with Gasteiger partial charge >= 0.3 is 0 Å². The van der Waals surface area contributed by atoms with Crippen LogP contribution in [0.5, 0.6) is 11.5 Å². The van der Waals surface area contributed by atoms with E-state index in [0.29, 0.717) is 42.1 Å². The van der Waals surface area contributed by atoms with Crippen LogP contribution >= 0.6 is 11.8 Å². The van der Waals surface area contributed by atoms with Crippen LogP contribution in [-0.4, -0.2) is 33.9 Å². The first kappa shape index (κ1) is 18.6. The zero-order valence-corrected chi connectivity index (χ0v) is 16.6. The number of rotatable bonds is 6. The second kappa shape index (κ2) is 8.06. The number of nitrogens with zero attached hydrogens (tertiary/aromatic N) is 3. The Morgan fingerprint density at radius 3 is 2.57 bits per heavy atom. The highest BCUT2D eigenvalue weighted by Crippen LogP contribution is 2.42. The molecule has 0 N–H and O–H groups in total. The Morgan fingerprint density at radius 2 is 1.82 bits per heavy atom. The largest absolute Gasteiger partial charge is 0.490 e. The molecule has 144 valence electrons. The van der Waals surface area contributed by atoms with Crippen molar-refractivity contribution in [2.45, 2.75) is 30.7 Å². The summed E-state index contributed by atoms with van der Waals surface area (Å²) in [5, 5.41) is 5.12. The molecule has 0 unspecified atom stereocenters. The maximum Gasteiger partial charge on any atom is 0.250 e. The highest BCUT2D eigenvalue weighted by molar-refractivity contribution is 7.99. The molecule has 1 aliphatic heterocycles. The van der Waals surface area contributed by atoms with Crippen molar-refractivity contribution < 1.29 is 14.3 Å². The second-order valence-corrected chi connectivity index (χ2v) is 7.44. The average molecular weight is 395 g/mol. The Balaban J connectivity index is 1.65. The first-order chi connectivity index (χ1) is 13.7. The van der Waals surface area contributed by atoms with Crippen LogP contribution in [0.25, 0.3) is 11.4 Å². The van der Waals surface area contributed by atoms with E-state index in [0.717, 1.165) is 11.1 Å². The van der Waals surface area contributed by atoms with E-state index in [9.17, 15) is 4.79 Å². The summed E-state index contributed by atoms with van der Waals surface area (Å²) in [6.45, 7) is 4.95. The van der Waals surface area contributed by atoms with E-state index in [2.05, 4.69) is 10.1 Å². The Kier molecular flexibility index (Phi) is 5.34. The van der Waals surface area contributed by atoms with E-state index in [1.165, 1.54) is 4.68 Å². The van der Waals surface area contributed by atoms with Gasteiger partial charge in [-0.3, -0.25) is 4.79 Å². The third-order valence-electron chi connectivity index (χ3n) is 4.39. The fourth-order valence-corrected chi connectivity index (χ4v) is 4.27. The molecule has 1 aromatic heterocycles. The molecule has 0 fully saturated rings. The SMILES string of the molecule is CCOc1ccc(-c2nc3n(n2)C(=O)C[C@@H](c2ccccc2)S3)cc1OCC. The quantitative estimate of drug-likeness (QED) is 0.607. The van der Waals surface area contributed by atoms with Gasteiger partial charge in [-0.2, -0.15) is 4.68 Å². The first-order valence-corrected chi connectivity index (χ1v) is 10.2. The Bertz CT molecular complexity index is 988. The minimum absolute atomic E-state index is 0.0441.